The second-order valence-electron chi connectivity index (χ2n) is 4.65. The van der Waals surface area contributed by atoms with Gasteiger partial charge in [-0.25, -0.2) is 15.0 Å². The number of aryl methyl sites for hydroxylation is 1. The molecule has 3 rings (SSSR count). The van der Waals surface area contributed by atoms with E-state index in [-0.39, 0.29) is 0 Å². The minimum atomic E-state index is -0.539. The summed E-state index contributed by atoms with van der Waals surface area (Å²) in [4.78, 5) is 20.9. The molecule has 0 atom stereocenters. The Balaban J connectivity index is 1.87. The summed E-state index contributed by atoms with van der Waals surface area (Å²) in [5, 5.41) is 8.12. The van der Waals surface area contributed by atoms with Crippen LogP contribution in [0, 0.1) is 0 Å². The fourth-order valence-corrected chi connectivity index (χ4v) is 2.19. The molecule has 0 saturated heterocycles. The predicted molar refractivity (Wildman–Crippen MR) is 83.0 cm³/mol. The zero-order chi connectivity index (χ0) is 16.2. The van der Waals surface area contributed by atoms with Gasteiger partial charge >= 0.3 is 5.97 Å². The molecular formula is C15H15N5O3. The van der Waals surface area contributed by atoms with Gasteiger partial charge in [-0.15, -0.1) is 5.10 Å². The van der Waals surface area contributed by atoms with E-state index in [1.54, 1.807) is 35.1 Å². The number of anilines is 1. The fraction of sp³-hybridized carbons (Fsp3) is 0.200. The molecule has 2 aromatic heterocycles. The van der Waals surface area contributed by atoms with Crippen molar-refractivity contribution in [3.8, 4) is 5.75 Å². The first-order chi connectivity index (χ1) is 11.2. The number of hydrogen-bond donors (Lipinski definition) is 1. The maximum absolute atomic E-state index is 12.0. The molecule has 8 heteroatoms. The van der Waals surface area contributed by atoms with Crippen molar-refractivity contribution in [2.45, 2.75) is 13.5 Å². The Labute approximate surface area is 132 Å². The standard InChI is InChI=1S/C15H15N5O3/c1-3-20-13-11(17-19-20)6-7-12(14(13)22-2)18-23-15(21)10-5-4-8-16-9-10/h4-9,18H,3H2,1-2H3. The summed E-state index contributed by atoms with van der Waals surface area (Å²) < 4.78 is 7.14. The van der Waals surface area contributed by atoms with E-state index in [2.05, 4.69) is 20.8 Å². The molecule has 0 saturated carbocycles. The van der Waals surface area contributed by atoms with Gasteiger partial charge in [0, 0.05) is 18.9 Å². The minimum absolute atomic E-state index is 0.348. The number of pyridine rings is 1. The molecule has 2 heterocycles. The molecule has 0 unspecified atom stereocenters. The summed E-state index contributed by atoms with van der Waals surface area (Å²) in [5.74, 6) is -0.0317. The first kappa shape index (κ1) is 14.8. The first-order valence-electron chi connectivity index (χ1n) is 7.02. The van der Waals surface area contributed by atoms with Gasteiger partial charge in [0.25, 0.3) is 0 Å². The number of methoxy groups -OCH3 is 1. The number of benzene rings is 1. The number of hydrogen-bond acceptors (Lipinski definition) is 7. The lowest BCUT2D eigenvalue weighted by Crippen LogP contribution is -2.12. The maximum atomic E-state index is 12.0. The van der Waals surface area contributed by atoms with Crippen molar-refractivity contribution < 1.29 is 14.4 Å². The molecular weight excluding hydrogens is 298 g/mol. The van der Waals surface area contributed by atoms with Gasteiger partial charge in [-0.2, -0.15) is 0 Å². The van der Waals surface area contributed by atoms with Crippen LogP contribution in [0.15, 0.2) is 36.7 Å². The quantitative estimate of drug-likeness (QED) is 0.721. The minimum Gasteiger partial charge on any atom is -0.492 e. The van der Waals surface area contributed by atoms with Gasteiger partial charge in [-0.1, -0.05) is 5.21 Å². The van der Waals surface area contributed by atoms with Crippen molar-refractivity contribution >= 4 is 22.7 Å². The lowest BCUT2D eigenvalue weighted by molar-refractivity contribution is 0.0595. The van der Waals surface area contributed by atoms with Crippen molar-refractivity contribution in [1.29, 1.82) is 0 Å². The van der Waals surface area contributed by atoms with Gasteiger partial charge in [-0.3, -0.25) is 4.98 Å². The Bertz CT molecular complexity index is 832. The largest absolute Gasteiger partial charge is 0.492 e. The lowest BCUT2D eigenvalue weighted by atomic mass is 10.2. The normalized spacial score (nSPS) is 10.5. The van der Waals surface area contributed by atoms with Crippen molar-refractivity contribution in [3.63, 3.8) is 0 Å². The zero-order valence-corrected chi connectivity index (χ0v) is 12.7. The summed E-state index contributed by atoms with van der Waals surface area (Å²) in [6.45, 7) is 2.60. The van der Waals surface area contributed by atoms with Crippen LogP contribution in [0.5, 0.6) is 5.75 Å². The van der Waals surface area contributed by atoms with Crippen LogP contribution in [0.25, 0.3) is 11.0 Å². The Morgan fingerprint density at radius 1 is 1.35 bits per heavy atom. The molecule has 0 spiro atoms. The second-order valence-corrected chi connectivity index (χ2v) is 4.65. The lowest BCUT2D eigenvalue weighted by Gasteiger charge is -2.12. The summed E-state index contributed by atoms with van der Waals surface area (Å²) in [6, 6.07) is 6.77. The van der Waals surface area contributed by atoms with Crippen LogP contribution in [0.3, 0.4) is 0 Å². The zero-order valence-electron chi connectivity index (χ0n) is 12.7. The van der Waals surface area contributed by atoms with Crippen LogP contribution < -0.4 is 10.2 Å². The summed E-state index contributed by atoms with van der Waals surface area (Å²) >= 11 is 0. The Hall–Kier alpha value is -3.16. The van der Waals surface area contributed by atoms with Gasteiger partial charge in [0.15, 0.2) is 5.75 Å². The van der Waals surface area contributed by atoms with E-state index in [1.807, 2.05) is 6.92 Å². The van der Waals surface area contributed by atoms with Crippen molar-refractivity contribution in [2.24, 2.45) is 0 Å². The van der Waals surface area contributed by atoms with Gasteiger partial charge in [0.05, 0.1) is 12.7 Å². The number of carbonyl (C=O) groups excluding carboxylic acids is 1. The molecule has 0 bridgehead atoms. The maximum Gasteiger partial charge on any atom is 0.364 e. The van der Waals surface area contributed by atoms with Crippen molar-refractivity contribution in [2.75, 3.05) is 12.6 Å². The Morgan fingerprint density at radius 2 is 2.22 bits per heavy atom. The van der Waals surface area contributed by atoms with Gasteiger partial charge in [0.2, 0.25) is 0 Å². The van der Waals surface area contributed by atoms with Crippen LogP contribution in [0.1, 0.15) is 17.3 Å². The number of fused-ring (bicyclic) bond motifs is 1. The van der Waals surface area contributed by atoms with E-state index >= 15 is 0 Å². The monoisotopic (exact) mass is 313 g/mol. The highest BCUT2D eigenvalue weighted by Crippen LogP contribution is 2.32. The highest BCUT2D eigenvalue weighted by molar-refractivity contribution is 5.91. The smallest absolute Gasteiger partial charge is 0.364 e. The van der Waals surface area contributed by atoms with E-state index in [4.69, 9.17) is 9.57 Å². The van der Waals surface area contributed by atoms with E-state index in [0.717, 1.165) is 5.52 Å². The molecule has 0 fully saturated rings. The van der Waals surface area contributed by atoms with E-state index in [1.165, 1.54) is 13.3 Å². The van der Waals surface area contributed by atoms with Crippen LogP contribution in [0.4, 0.5) is 5.69 Å². The predicted octanol–water partition coefficient (Wildman–Crippen LogP) is 2.04. The average molecular weight is 313 g/mol. The number of aromatic nitrogens is 4. The molecule has 8 nitrogen and oxygen atoms in total. The van der Waals surface area contributed by atoms with E-state index in [9.17, 15) is 4.79 Å². The number of ether oxygens (including phenoxy) is 1. The van der Waals surface area contributed by atoms with Crippen molar-refractivity contribution in [1.82, 2.24) is 20.0 Å². The number of nitrogens with zero attached hydrogens (tertiary/aromatic N) is 4. The van der Waals surface area contributed by atoms with Gasteiger partial charge in [-0.05, 0) is 31.2 Å². The number of rotatable bonds is 5. The SMILES string of the molecule is CCn1nnc2ccc(NOC(=O)c3cccnc3)c(OC)c21. The molecule has 0 aliphatic carbocycles. The third-order valence-electron chi connectivity index (χ3n) is 3.28. The molecule has 3 aromatic rings. The van der Waals surface area contributed by atoms with E-state index < -0.39 is 5.97 Å². The highest BCUT2D eigenvalue weighted by atomic mass is 16.7. The average Bonchev–Trinajstić information content (AvgIpc) is 3.03. The van der Waals surface area contributed by atoms with Crippen LogP contribution >= 0.6 is 0 Å². The summed E-state index contributed by atoms with van der Waals surface area (Å²) in [6.07, 6.45) is 3.01. The summed E-state index contributed by atoms with van der Waals surface area (Å²) in [5.41, 5.74) is 4.92. The Morgan fingerprint density at radius 3 is 2.91 bits per heavy atom. The molecule has 23 heavy (non-hydrogen) atoms. The second kappa shape index (κ2) is 6.30. The van der Waals surface area contributed by atoms with Crippen LogP contribution in [-0.2, 0) is 11.4 Å². The number of carbonyl (C=O) groups is 1. The molecule has 0 amide bonds. The van der Waals surface area contributed by atoms with E-state index in [0.29, 0.717) is 29.1 Å². The van der Waals surface area contributed by atoms with Crippen LogP contribution in [-0.4, -0.2) is 33.1 Å². The molecule has 0 radical (unpaired) electrons. The van der Waals surface area contributed by atoms with Gasteiger partial charge in [0.1, 0.15) is 16.7 Å². The highest BCUT2D eigenvalue weighted by Gasteiger charge is 2.16. The fourth-order valence-electron chi connectivity index (χ4n) is 2.19. The molecule has 1 aromatic carbocycles. The van der Waals surface area contributed by atoms with Crippen LogP contribution in [0.2, 0.25) is 0 Å². The number of nitrogens with one attached hydrogen (secondary N) is 1. The molecule has 118 valence electrons. The molecule has 1 N–H and O–H groups in total. The topological polar surface area (TPSA) is 91.2 Å². The summed E-state index contributed by atoms with van der Waals surface area (Å²) in [7, 11) is 1.54. The molecule has 0 aliphatic rings. The van der Waals surface area contributed by atoms with Gasteiger partial charge < -0.3 is 9.57 Å². The first-order valence-corrected chi connectivity index (χ1v) is 7.02. The third kappa shape index (κ3) is 2.78. The van der Waals surface area contributed by atoms with Crippen molar-refractivity contribution in [3.05, 3.63) is 42.2 Å². The molecule has 0 aliphatic heterocycles. The third-order valence-corrected chi connectivity index (χ3v) is 3.28. The Kier molecular flexibility index (Phi) is 4.05.